The topological polar surface area (TPSA) is 44.0 Å². The van der Waals surface area contributed by atoms with E-state index in [0.717, 1.165) is 44.4 Å². The van der Waals surface area contributed by atoms with Gasteiger partial charge in [-0.1, -0.05) is 13.3 Å². The van der Waals surface area contributed by atoms with Gasteiger partial charge in [0.15, 0.2) is 0 Å². The van der Waals surface area contributed by atoms with Crippen LogP contribution in [-0.2, 0) is 0 Å². The molecule has 3 rings (SSSR count). The van der Waals surface area contributed by atoms with Crippen LogP contribution in [0.4, 0.5) is 0 Å². The molecule has 3 fully saturated rings. The minimum absolute atomic E-state index is 0.431. The molecule has 4 atom stereocenters. The maximum atomic E-state index is 11.2. The van der Waals surface area contributed by atoms with E-state index in [1.165, 1.54) is 19.3 Å². The standard InChI is InChI=1S/C16H25NO/c1-12-6-8-15(9-12,11-17)16(18)7-2-3-14(10-16)13-4-5-13/h12-14,18H,2-10H2,1H3. The van der Waals surface area contributed by atoms with Crippen molar-refractivity contribution in [1.29, 1.82) is 5.26 Å². The molecule has 0 saturated heterocycles. The summed E-state index contributed by atoms with van der Waals surface area (Å²) in [6.45, 7) is 2.23. The first kappa shape index (κ1) is 12.5. The van der Waals surface area contributed by atoms with Crippen molar-refractivity contribution >= 4 is 0 Å². The molecule has 3 aliphatic rings. The van der Waals surface area contributed by atoms with Gasteiger partial charge in [-0.15, -0.1) is 0 Å². The Morgan fingerprint density at radius 2 is 1.83 bits per heavy atom. The second kappa shape index (κ2) is 4.23. The highest BCUT2D eigenvalue weighted by Crippen LogP contribution is 2.57. The Balaban J connectivity index is 1.81. The van der Waals surface area contributed by atoms with Crippen molar-refractivity contribution in [3.8, 4) is 6.07 Å². The van der Waals surface area contributed by atoms with Crippen LogP contribution in [0.5, 0.6) is 0 Å². The summed E-state index contributed by atoms with van der Waals surface area (Å²) in [4.78, 5) is 0. The lowest BCUT2D eigenvalue weighted by Crippen LogP contribution is -2.49. The van der Waals surface area contributed by atoms with Crippen LogP contribution in [0.2, 0.25) is 0 Å². The van der Waals surface area contributed by atoms with Gasteiger partial charge >= 0.3 is 0 Å². The van der Waals surface area contributed by atoms with Crippen LogP contribution in [0.3, 0.4) is 0 Å². The predicted molar refractivity (Wildman–Crippen MR) is 70.7 cm³/mol. The Morgan fingerprint density at radius 1 is 1.06 bits per heavy atom. The summed E-state index contributed by atoms with van der Waals surface area (Å²) in [5.74, 6) is 2.17. The lowest BCUT2D eigenvalue weighted by atomic mass is 9.61. The van der Waals surface area contributed by atoms with Crippen LogP contribution < -0.4 is 0 Å². The van der Waals surface area contributed by atoms with Crippen LogP contribution in [0.15, 0.2) is 0 Å². The first-order chi connectivity index (χ1) is 8.59. The SMILES string of the molecule is CC1CCC(C#N)(C2(O)CCCC(C3CC3)C2)C1. The zero-order valence-electron chi connectivity index (χ0n) is 11.5. The van der Waals surface area contributed by atoms with Gasteiger partial charge in [0.05, 0.1) is 17.1 Å². The number of nitrogens with zero attached hydrogens (tertiary/aromatic N) is 1. The fourth-order valence-corrected chi connectivity index (χ4v) is 4.62. The van der Waals surface area contributed by atoms with Crippen molar-refractivity contribution in [1.82, 2.24) is 0 Å². The van der Waals surface area contributed by atoms with Gasteiger partial charge in [0, 0.05) is 0 Å². The highest BCUT2D eigenvalue weighted by molar-refractivity contribution is 5.16. The van der Waals surface area contributed by atoms with E-state index in [9.17, 15) is 10.4 Å². The average Bonchev–Trinajstić information content (AvgIpc) is 3.13. The Bertz CT molecular complexity index is 370. The molecule has 3 aliphatic carbocycles. The third-order valence-corrected chi connectivity index (χ3v) is 5.92. The van der Waals surface area contributed by atoms with E-state index in [1.54, 1.807) is 0 Å². The van der Waals surface area contributed by atoms with E-state index in [0.29, 0.717) is 11.8 Å². The molecule has 0 amide bonds. The highest BCUT2D eigenvalue weighted by atomic mass is 16.3. The van der Waals surface area contributed by atoms with Gasteiger partial charge in [-0.3, -0.25) is 0 Å². The van der Waals surface area contributed by atoms with Crippen LogP contribution in [0.25, 0.3) is 0 Å². The van der Waals surface area contributed by atoms with E-state index in [4.69, 9.17) is 0 Å². The van der Waals surface area contributed by atoms with Crippen LogP contribution in [-0.4, -0.2) is 10.7 Å². The molecular formula is C16H25NO. The highest BCUT2D eigenvalue weighted by Gasteiger charge is 2.56. The van der Waals surface area contributed by atoms with Crippen LogP contribution >= 0.6 is 0 Å². The maximum absolute atomic E-state index is 11.2. The van der Waals surface area contributed by atoms with E-state index in [1.807, 2.05) is 0 Å². The van der Waals surface area contributed by atoms with Crippen LogP contribution in [0, 0.1) is 34.5 Å². The van der Waals surface area contributed by atoms with E-state index in [2.05, 4.69) is 13.0 Å². The predicted octanol–water partition coefficient (Wildman–Crippen LogP) is 3.65. The largest absolute Gasteiger partial charge is 0.388 e. The summed E-state index contributed by atoms with van der Waals surface area (Å²) in [5, 5.41) is 20.8. The molecule has 0 aromatic heterocycles. The summed E-state index contributed by atoms with van der Waals surface area (Å²) in [6.07, 6.45) is 9.82. The monoisotopic (exact) mass is 247 g/mol. The van der Waals surface area contributed by atoms with Crippen molar-refractivity contribution < 1.29 is 5.11 Å². The van der Waals surface area contributed by atoms with Crippen molar-refractivity contribution in [3.63, 3.8) is 0 Å². The lowest BCUT2D eigenvalue weighted by Gasteiger charge is -2.46. The molecule has 0 aliphatic heterocycles. The fraction of sp³-hybridized carbons (Fsp3) is 0.938. The third-order valence-electron chi connectivity index (χ3n) is 5.92. The molecular weight excluding hydrogens is 222 g/mol. The first-order valence-corrected chi connectivity index (χ1v) is 7.72. The van der Waals surface area contributed by atoms with Gasteiger partial charge < -0.3 is 5.11 Å². The second-order valence-corrected chi connectivity index (χ2v) is 7.27. The van der Waals surface area contributed by atoms with Crippen molar-refractivity contribution in [2.24, 2.45) is 23.2 Å². The zero-order chi connectivity index (χ0) is 12.8. The average molecular weight is 247 g/mol. The third kappa shape index (κ3) is 1.88. The van der Waals surface area contributed by atoms with Gasteiger partial charge in [0.25, 0.3) is 0 Å². The molecule has 0 bridgehead atoms. The molecule has 18 heavy (non-hydrogen) atoms. The van der Waals surface area contributed by atoms with E-state index < -0.39 is 11.0 Å². The maximum Gasteiger partial charge on any atom is 0.0863 e. The molecule has 2 nitrogen and oxygen atoms in total. The summed E-state index contributed by atoms with van der Waals surface area (Å²) in [5.41, 5.74) is -1.11. The normalized spacial score (nSPS) is 48.9. The molecule has 0 aromatic carbocycles. The Morgan fingerprint density at radius 3 is 2.39 bits per heavy atom. The molecule has 100 valence electrons. The molecule has 3 saturated carbocycles. The molecule has 1 N–H and O–H groups in total. The van der Waals surface area contributed by atoms with E-state index >= 15 is 0 Å². The number of rotatable bonds is 2. The van der Waals surface area contributed by atoms with Gasteiger partial charge in [-0.2, -0.15) is 5.26 Å². The Kier molecular flexibility index (Phi) is 2.94. The van der Waals surface area contributed by atoms with Gasteiger partial charge in [-0.25, -0.2) is 0 Å². The first-order valence-electron chi connectivity index (χ1n) is 7.72. The van der Waals surface area contributed by atoms with Gasteiger partial charge in [0.1, 0.15) is 0 Å². The van der Waals surface area contributed by atoms with E-state index in [-0.39, 0.29) is 0 Å². The number of hydrogen-bond donors (Lipinski definition) is 1. The summed E-state index contributed by atoms with van der Waals surface area (Å²) in [6, 6.07) is 2.55. The summed E-state index contributed by atoms with van der Waals surface area (Å²) >= 11 is 0. The molecule has 0 spiro atoms. The minimum Gasteiger partial charge on any atom is -0.388 e. The summed E-state index contributed by atoms with van der Waals surface area (Å²) < 4.78 is 0. The van der Waals surface area contributed by atoms with Crippen molar-refractivity contribution in [3.05, 3.63) is 0 Å². The van der Waals surface area contributed by atoms with Gasteiger partial charge in [-0.05, 0) is 69.1 Å². The Hall–Kier alpha value is -0.550. The molecule has 4 unspecified atom stereocenters. The Labute approximate surface area is 110 Å². The number of hydrogen-bond acceptors (Lipinski definition) is 2. The minimum atomic E-state index is -0.683. The fourth-order valence-electron chi connectivity index (χ4n) is 4.62. The number of aliphatic hydroxyl groups is 1. The summed E-state index contributed by atoms with van der Waals surface area (Å²) in [7, 11) is 0. The number of nitriles is 1. The molecule has 0 heterocycles. The zero-order valence-corrected chi connectivity index (χ0v) is 11.5. The smallest absolute Gasteiger partial charge is 0.0863 e. The molecule has 0 aromatic rings. The van der Waals surface area contributed by atoms with Crippen molar-refractivity contribution in [2.45, 2.75) is 70.3 Å². The quantitative estimate of drug-likeness (QED) is 0.809. The lowest BCUT2D eigenvalue weighted by molar-refractivity contribution is -0.0979. The molecule has 2 heteroatoms. The molecule has 0 radical (unpaired) electrons. The van der Waals surface area contributed by atoms with Crippen molar-refractivity contribution in [2.75, 3.05) is 0 Å². The van der Waals surface area contributed by atoms with Crippen LogP contribution in [0.1, 0.15) is 64.7 Å². The second-order valence-electron chi connectivity index (χ2n) is 7.27. The van der Waals surface area contributed by atoms with Gasteiger partial charge in [0.2, 0.25) is 0 Å².